The van der Waals surface area contributed by atoms with Gasteiger partial charge in [0.1, 0.15) is 5.82 Å². The maximum absolute atomic E-state index is 13.7. The Bertz CT molecular complexity index is 403. The topological polar surface area (TPSA) is 12.0 Å². The molecule has 0 amide bonds. The Balaban J connectivity index is 1.90. The van der Waals surface area contributed by atoms with Gasteiger partial charge in [0.05, 0.1) is 5.02 Å². The van der Waals surface area contributed by atoms with Crippen molar-refractivity contribution >= 4 is 23.2 Å². The SMILES string of the molecule is Fc1c(Cl)cccc1CNCC1(CCl)CCCC1. The minimum absolute atomic E-state index is 0.183. The van der Waals surface area contributed by atoms with Gasteiger partial charge in [-0.05, 0) is 24.3 Å². The Morgan fingerprint density at radius 3 is 2.67 bits per heavy atom. The molecule has 0 heterocycles. The number of halogens is 3. The van der Waals surface area contributed by atoms with Crippen molar-refractivity contribution in [2.45, 2.75) is 32.2 Å². The third kappa shape index (κ3) is 3.17. The third-order valence-corrected chi connectivity index (χ3v) is 4.65. The second kappa shape index (κ2) is 6.23. The molecule has 0 unspecified atom stereocenters. The molecule has 0 aromatic heterocycles. The van der Waals surface area contributed by atoms with E-state index < -0.39 is 0 Å². The van der Waals surface area contributed by atoms with Crippen LogP contribution in [-0.2, 0) is 6.54 Å². The lowest BCUT2D eigenvalue weighted by molar-refractivity contribution is 0.319. The van der Waals surface area contributed by atoms with E-state index in [0.29, 0.717) is 18.0 Å². The summed E-state index contributed by atoms with van der Waals surface area (Å²) in [6.07, 6.45) is 4.84. The van der Waals surface area contributed by atoms with Crippen LogP contribution >= 0.6 is 23.2 Å². The molecule has 2 rings (SSSR count). The Hall–Kier alpha value is -0.310. The van der Waals surface area contributed by atoms with Gasteiger partial charge in [-0.2, -0.15) is 0 Å². The number of hydrogen-bond donors (Lipinski definition) is 1. The first-order valence-electron chi connectivity index (χ1n) is 6.36. The van der Waals surface area contributed by atoms with Gasteiger partial charge in [0.25, 0.3) is 0 Å². The van der Waals surface area contributed by atoms with E-state index in [1.54, 1.807) is 18.2 Å². The minimum atomic E-state index is -0.321. The molecule has 0 bridgehead atoms. The first-order valence-corrected chi connectivity index (χ1v) is 7.28. The zero-order chi connectivity index (χ0) is 13.0. The Morgan fingerprint density at radius 1 is 1.28 bits per heavy atom. The molecule has 0 spiro atoms. The van der Waals surface area contributed by atoms with E-state index in [2.05, 4.69) is 5.32 Å². The quantitative estimate of drug-likeness (QED) is 0.794. The van der Waals surface area contributed by atoms with Crippen LogP contribution in [-0.4, -0.2) is 12.4 Å². The fraction of sp³-hybridized carbons (Fsp3) is 0.571. The molecule has 1 N–H and O–H groups in total. The molecular weight excluding hydrogens is 272 g/mol. The van der Waals surface area contributed by atoms with Crippen LogP contribution in [0.15, 0.2) is 18.2 Å². The minimum Gasteiger partial charge on any atom is -0.312 e. The number of nitrogens with one attached hydrogen (secondary N) is 1. The first-order chi connectivity index (χ1) is 8.67. The van der Waals surface area contributed by atoms with Crippen LogP contribution < -0.4 is 5.32 Å². The van der Waals surface area contributed by atoms with Crippen LogP contribution in [0.25, 0.3) is 0 Å². The monoisotopic (exact) mass is 289 g/mol. The molecular formula is C14H18Cl2FN. The van der Waals surface area contributed by atoms with Crippen LogP contribution in [0.4, 0.5) is 4.39 Å². The van der Waals surface area contributed by atoms with E-state index in [0.717, 1.165) is 6.54 Å². The Kier molecular flexibility index (Phi) is 4.88. The summed E-state index contributed by atoms with van der Waals surface area (Å²) in [5.74, 6) is 0.357. The number of rotatable bonds is 5. The molecule has 18 heavy (non-hydrogen) atoms. The van der Waals surface area contributed by atoms with E-state index in [-0.39, 0.29) is 16.3 Å². The molecule has 1 saturated carbocycles. The molecule has 1 aromatic carbocycles. The number of benzene rings is 1. The standard InChI is InChI=1S/C14H18Cl2FN/c15-9-14(6-1-2-7-14)10-18-8-11-4-3-5-12(16)13(11)17/h3-5,18H,1-2,6-10H2. The van der Waals surface area contributed by atoms with Crippen molar-refractivity contribution in [1.29, 1.82) is 0 Å². The van der Waals surface area contributed by atoms with Gasteiger partial charge in [-0.1, -0.05) is 36.6 Å². The van der Waals surface area contributed by atoms with Gasteiger partial charge in [0, 0.05) is 24.5 Å². The largest absolute Gasteiger partial charge is 0.312 e. The second-order valence-electron chi connectivity index (χ2n) is 5.16. The molecule has 0 atom stereocenters. The molecule has 1 aromatic rings. The van der Waals surface area contributed by atoms with Crippen LogP contribution in [0.5, 0.6) is 0 Å². The van der Waals surface area contributed by atoms with Crippen molar-refractivity contribution in [2.75, 3.05) is 12.4 Å². The predicted molar refractivity (Wildman–Crippen MR) is 74.7 cm³/mol. The third-order valence-electron chi connectivity index (χ3n) is 3.79. The molecule has 1 fully saturated rings. The fourth-order valence-electron chi connectivity index (χ4n) is 2.63. The van der Waals surface area contributed by atoms with E-state index >= 15 is 0 Å². The molecule has 1 aliphatic rings. The maximum Gasteiger partial charge on any atom is 0.146 e. The lowest BCUT2D eigenvalue weighted by Crippen LogP contribution is -2.33. The highest BCUT2D eigenvalue weighted by Crippen LogP contribution is 2.38. The van der Waals surface area contributed by atoms with Gasteiger partial charge in [-0.25, -0.2) is 4.39 Å². The summed E-state index contributed by atoms with van der Waals surface area (Å²) in [7, 11) is 0. The summed E-state index contributed by atoms with van der Waals surface area (Å²) in [6.45, 7) is 1.35. The predicted octanol–water partition coefficient (Wildman–Crippen LogP) is 4.37. The van der Waals surface area contributed by atoms with E-state index in [9.17, 15) is 4.39 Å². The van der Waals surface area contributed by atoms with Gasteiger partial charge in [0.2, 0.25) is 0 Å². The van der Waals surface area contributed by atoms with E-state index in [4.69, 9.17) is 23.2 Å². The van der Waals surface area contributed by atoms with Crippen molar-refractivity contribution in [3.05, 3.63) is 34.6 Å². The van der Waals surface area contributed by atoms with E-state index in [1.807, 2.05) is 0 Å². The second-order valence-corrected chi connectivity index (χ2v) is 5.83. The molecule has 100 valence electrons. The highest BCUT2D eigenvalue weighted by Gasteiger charge is 2.32. The van der Waals surface area contributed by atoms with Crippen LogP contribution in [0.2, 0.25) is 5.02 Å². The van der Waals surface area contributed by atoms with Crippen molar-refractivity contribution in [1.82, 2.24) is 5.32 Å². The summed E-state index contributed by atoms with van der Waals surface area (Å²) in [5, 5.41) is 3.50. The van der Waals surface area contributed by atoms with Gasteiger partial charge < -0.3 is 5.32 Å². The smallest absolute Gasteiger partial charge is 0.146 e. The summed E-state index contributed by atoms with van der Waals surface area (Å²) < 4.78 is 13.7. The fourth-order valence-corrected chi connectivity index (χ4v) is 3.19. The molecule has 4 heteroatoms. The Labute approximate surface area is 118 Å². The average Bonchev–Trinajstić information content (AvgIpc) is 2.84. The van der Waals surface area contributed by atoms with Crippen LogP contribution in [0.1, 0.15) is 31.2 Å². The summed E-state index contributed by atoms with van der Waals surface area (Å²) in [4.78, 5) is 0. The lowest BCUT2D eigenvalue weighted by Gasteiger charge is -2.26. The Morgan fingerprint density at radius 2 is 2.00 bits per heavy atom. The van der Waals surface area contributed by atoms with Crippen molar-refractivity contribution < 1.29 is 4.39 Å². The van der Waals surface area contributed by atoms with Crippen LogP contribution in [0.3, 0.4) is 0 Å². The van der Waals surface area contributed by atoms with Gasteiger partial charge >= 0.3 is 0 Å². The first kappa shape index (κ1) is 14.1. The van der Waals surface area contributed by atoms with Gasteiger partial charge in [-0.3, -0.25) is 0 Å². The highest BCUT2D eigenvalue weighted by atomic mass is 35.5. The summed E-state index contributed by atoms with van der Waals surface area (Å²) in [5.41, 5.74) is 0.821. The normalized spacial score (nSPS) is 18.2. The number of alkyl halides is 1. The molecule has 1 aliphatic carbocycles. The van der Waals surface area contributed by atoms with Gasteiger partial charge in [-0.15, -0.1) is 11.6 Å². The number of hydrogen-bond acceptors (Lipinski definition) is 1. The van der Waals surface area contributed by atoms with Crippen LogP contribution in [0, 0.1) is 11.2 Å². The summed E-state index contributed by atoms with van der Waals surface area (Å²) >= 11 is 11.8. The van der Waals surface area contributed by atoms with Crippen molar-refractivity contribution in [2.24, 2.45) is 5.41 Å². The zero-order valence-corrected chi connectivity index (χ0v) is 11.8. The summed E-state index contributed by atoms with van der Waals surface area (Å²) in [6, 6.07) is 5.10. The molecule has 0 saturated heterocycles. The maximum atomic E-state index is 13.7. The zero-order valence-electron chi connectivity index (χ0n) is 10.3. The van der Waals surface area contributed by atoms with E-state index in [1.165, 1.54) is 25.7 Å². The molecule has 0 radical (unpaired) electrons. The lowest BCUT2D eigenvalue weighted by atomic mass is 9.88. The van der Waals surface area contributed by atoms with Crippen molar-refractivity contribution in [3.8, 4) is 0 Å². The molecule has 0 aliphatic heterocycles. The van der Waals surface area contributed by atoms with Crippen molar-refractivity contribution in [3.63, 3.8) is 0 Å². The average molecular weight is 290 g/mol. The highest BCUT2D eigenvalue weighted by molar-refractivity contribution is 6.30. The molecule has 1 nitrogen and oxygen atoms in total. The van der Waals surface area contributed by atoms with Gasteiger partial charge in [0.15, 0.2) is 0 Å².